The van der Waals surface area contributed by atoms with Gasteiger partial charge in [-0.2, -0.15) is 0 Å². The van der Waals surface area contributed by atoms with Crippen molar-refractivity contribution in [1.82, 2.24) is 0 Å². The van der Waals surface area contributed by atoms with E-state index in [0.29, 0.717) is 0 Å². The average Bonchev–Trinajstić information content (AvgIpc) is 2.21. The van der Waals surface area contributed by atoms with E-state index in [0.717, 1.165) is 0 Å². The molecular formula is C4H9ClN4O9. The van der Waals surface area contributed by atoms with Crippen LogP contribution >= 0.6 is 12.4 Å². The fraction of sp³-hybridized carbons (Fsp3) is 1.00. The minimum atomic E-state index is -1.90. The molecule has 0 aromatic carbocycles. The Morgan fingerprint density at radius 3 is 1.22 bits per heavy atom. The summed E-state index contributed by atoms with van der Waals surface area (Å²) >= 11 is 0. The highest BCUT2D eigenvalue weighted by Crippen LogP contribution is 2.04. The van der Waals surface area contributed by atoms with Crippen molar-refractivity contribution >= 4 is 12.4 Å². The molecule has 0 atom stereocenters. The lowest BCUT2D eigenvalue weighted by Crippen LogP contribution is -2.54. The highest BCUT2D eigenvalue weighted by molar-refractivity contribution is 5.85. The summed E-state index contributed by atoms with van der Waals surface area (Å²) < 4.78 is 0. The molecule has 0 fully saturated rings. The molecule has 0 amide bonds. The van der Waals surface area contributed by atoms with Crippen LogP contribution in [0.3, 0.4) is 0 Å². The van der Waals surface area contributed by atoms with Gasteiger partial charge in [-0.3, -0.25) is 0 Å². The lowest BCUT2D eigenvalue weighted by atomic mass is 10.1. The Morgan fingerprint density at radius 1 is 0.833 bits per heavy atom. The minimum Gasteiger partial charge on any atom is -0.320 e. The minimum absolute atomic E-state index is 0. The van der Waals surface area contributed by atoms with Crippen LogP contribution in [0.1, 0.15) is 0 Å². The molecule has 0 unspecified atom stereocenters. The summed E-state index contributed by atoms with van der Waals surface area (Å²) in [5, 5.41) is 26.1. The van der Waals surface area contributed by atoms with Gasteiger partial charge in [0.25, 0.3) is 15.3 Å². The monoisotopic (exact) mass is 292 g/mol. The second-order valence-electron chi connectivity index (χ2n) is 2.85. The highest BCUT2D eigenvalue weighted by Gasteiger charge is 2.30. The Labute approximate surface area is 104 Å². The van der Waals surface area contributed by atoms with Gasteiger partial charge in [0.2, 0.25) is 0 Å². The molecule has 14 heteroatoms. The van der Waals surface area contributed by atoms with E-state index in [-0.39, 0.29) is 12.4 Å². The van der Waals surface area contributed by atoms with Crippen LogP contribution in [0.5, 0.6) is 0 Å². The Kier molecular flexibility index (Phi) is 8.12. The molecule has 0 aliphatic carbocycles. The van der Waals surface area contributed by atoms with Crippen molar-refractivity contribution in [3.63, 3.8) is 0 Å². The van der Waals surface area contributed by atoms with Gasteiger partial charge in [-0.05, 0) is 0 Å². The Balaban J connectivity index is 0. The molecule has 0 aromatic rings. The molecule has 0 aromatic heterocycles. The van der Waals surface area contributed by atoms with Crippen LogP contribution in [0.15, 0.2) is 0 Å². The molecule has 106 valence electrons. The van der Waals surface area contributed by atoms with E-state index >= 15 is 0 Å². The third-order valence-corrected chi connectivity index (χ3v) is 1.37. The third-order valence-electron chi connectivity index (χ3n) is 1.37. The van der Waals surface area contributed by atoms with E-state index < -0.39 is 40.6 Å². The van der Waals surface area contributed by atoms with E-state index in [1.165, 1.54) is 0 Å². The molecule has 18 heavy (non-hydrogen) atoms. The largest absolute Gasteiger partial charge is 0.320 e. The predicted octanol–water partition coefficient (Wildman–Crippen LogP) is -1.27. The van der Waals surface area contributed by atoms with Crippen molar-refractivity contribution in [2.45, 2.75) is 5.54 Å². The molecule has 0 saturated carbocycles. The van der Waals surface area contributed by atoms with Gasteiger partial charge in [-0.15, -0.1) is 42.7 Å². The van der Waals surface area contributed by atoms with Crippen molar-refractivity contribution in [2.24, 2.45) is 5.73 Å². The maximum absolute atomic E-state index is 9.90. The van der Waals surface area contributed by atoms with E-state index in [1.54, 1.807) is 0 Å². The van der Waals surface area contributed by atoms with E-state index in [9.17, 15) is 30.3 Å². The normalized spacial score (nSPS) is 9.83. The summed E-state index contributed by atoms with van der Waals surface area (Å²) in [6, 6.07) is 0. The number of halogens is 1. The maximum Gasteiger partial charge on any atom is 0.294 e. The van der Waals surface area contributed by atoms with Crippen LogP contribution in [-0.2, 0) is 14.5 Å². The van der Waals surface area contributed by atoms with Crippen LogP contribution in [0.25, 0.3) is 0 Å². The number of rotatable bonds is 9. The van der Waals surface area contributed by atoms with Gasteiger partial charge in [0.05, 0.1) is 5.54 Å². The van der Waals surface area contributed by atoms with Crippen molar-refractivity contribution in [3.05, 3.63) is 30.3 Å². The molecule has 0 rings (SSSR count). The fourth-order valence-corrected chi connectivity index (χ4v) is 0.669. The van der Waals surface area contributed by atoms with Gasteiger partial charge in [0.1, 0.15) is 19.8 Å². The summed E-state index contributed by atoms with van der Waals surface area (Å²) in [4.78, 5) is 41.3. The highest BCUT2D eigenvalue weighted by atomic mass is 35.5. The second kappa shape index (κ2) is 8.02. The Hall–Kier alpha value is -2.15. The Bertz CT molecular complexity index is 265. The number of hydrogen-bond donors (Lipinski definition) is 1. The van der Waals surface area contributed by atoms with E-state index in [1.807, 2.05) is 0 Å². The Morgan fingerprint density at radius 2 is 1.06 bits per heavy atom. The molecule has 0 spiro atoms. The molecule has 0 heterocycles. The molecule has 0 aliphatic heterocycles. The van der Waals surface area contributed by atoms with Crippen LogP contribution in [-0.4, -0.2) is 40.6 Å². The fourth-order valence-electron chi connectivity index (χ4n) is 0.669. The summed E-state index contributed by atoms with van der Waals surface area (Å²) in [6.45, 7) is -2.58. The van der Waals surface area contributed by atoms with Crippen LogP contribution < -0.4 is 5.73 Å². The zero-order chi connectivity index (χ0) is 13.5. The predicted molar refractivity (Wildman–Crippen MR) is 53.0 cm³/mol. The van der Waals surface area contributed by atoms with Crippen molar-refractivity contribution in [1.29, 1.82) is 0 Å². The van der Waals surface area contributed by atoms with Gasteiger partial charge >= 0.3 is 0 Å². The quantitative estimate of drug-likeness (QED) is 0.397. The van der Waals surface area contributed by atoms with Gasteiger partial charge in [0.15, 0.2) is 0 Å². The average molecular weight is 293 g/mol. The van der Waals surface area contributed by atoms with Crippen LogP contribution in [0.2, 0.25) is 0 Å². The van der Waals surface area contributed by atoms with Crippen LogP contribution in [0, 0.1) is 30.3 Å². The van der Waals surface area contributed by atoms with Crippen molar-refractivity contribution in [2.75, 3.05) is 19.8 Å². The molecular weight excluding hydrogens is 284 g/mol. The maximum atomic E-state index is 9.90. The number of nitrogens with zero attached hydrogens (tertiary/aromatic N) is 3. The lowest BCUT2D eigenvalue weighted by molar-refractivity contribution is -0.778. The van der Waals surface area contributed by atoms with Gasteiger partial charge in [-0.25, -0.2) is 0 Å². The molecule has 0 bridgehead atoms. The molecule has 13 nitrogen and oxygen atoms in total. The topological polar surface area (TPSA) is 183 Å². The molecule has 0 aliphatic rings. The summed E-state index contributed by atoms with van der Waals surface area (Å²) in [5.74, 6) is 0. The van der Waals surface area contributed by atoms with E-state index in [2.05, 4.69) is 14.5 Å². The first-order valence-corrected chi connectivity index (χ1v) is 3.86. The first-order chi connectivity index (χ1) is 7.75. The lowest BCUT2D eigenvalue weighted by Gasteiger charge is -2.25. The summed E-state index contributed by atoms with van der Waals surface area (Å²) in [7, 11) is 0. The number of hydrogen-bond acceptors (Lipinski definition) is 10. The smallest absolute Gasteiger partial charge is 0.294 e. The standard InChI is InChI=1S/C4H8N4O9.ClH/c5-4(1-15-6(9)10,2-16-7(11)12)3-17-8(13)14;/h1-3,5H2;1H. The third kappa shape index (κ3) is 9.10. The van der Waals surface area contributed by atoms with Crippen LogP contribution in [0.4, 0.5) is 0 Å². The van der Waals surface area contributed by atoms with Gasteiger partial charge < -0.3 is 20.2 Å². The zero-order valence-electron chi connectivity index (χ0n) is 8.62. The van der Waals surface area contributed by atoms with E-state index in [4.69, 9.17) is 5.73 Å². The molecule has 0 saturated heterocycles. The summed E-state index contributed by atoms with van der Waals surface area (Å²) in [5.41, 5.74) is 3.46. The van der Waals surface area contributed by atoms with Gasteiger partial charge in [-0.1, -0.05) is 0 Å². The number of nitrogens with two attached hydrogens (primary N) is 1. The zero-order valence-corrected chi connectivity index (χ0v) is 9.44. The molecule has 2 N–H and O–H groups in total. The first kappa shape index (κ1) is 18.2. The van der Waals surface area contributed by atoms with Crippen molar-refractivity contribution in [3.8, 4) is 0 Å². The SMILES string of the molecule is Cl.NC(CO[N+](=O)[O-])(CO[N+](=O)[O-])CO[N+](=O)[O-]. The molecule has 0 radical (unpaired) electrons. The van der Waals surface area contributed by atoms with Crippen molar-refractivity contribution < 1.29 is 29.8 Å². The first-order valence-electron chi connectivity index (χ1n) is 3.86. The second-order valence-corrected chi connectivity index (χ2v) is 2.85. The summed E-state index contributed by atoms with van der Waals surface area (Å²) in [6.07, 6.45) is 0. The van der Waals surface area contributed by atoms with Gasteiger partial charge in [0, 0.05) is 0 Å².